The van der Waals surface area contributed by atoms with E-state index in [1.165, 1.54) is 17.2 Å². The summed E-state index contributed by atoms with van der Waals surface area (Å²) in [5.41, 5.74) is 5.69. The minimum atomic E-state index is -0.465. The van der Waals surface area contributed by atoms with E-state index in [-0.39, 0.29) is 11.8 Å². The van der Waals surface area contributed by atoms with Crippen LogP contribution in [0.25, 0.3) is 10.8 Å². The molecule has 3 nitrogen and oxygen atoms in total. The largest absolute Gasteiger partial charge is 0.507 e. The molecule has 2 aliphatic rings. The smallest absolute Gasteiger partial charge is 0.335 e. The first kappa shape index (κ1) is 18.5. The van der Waals surface area contributed by atoms with E-state index in [1.807, 2.05) is 25.1 Å². The van der Waals surface area contributed by atoms with Crippen molar-refractivity contribution in [2.45, 2.75) is 51.9 Å². The number of phenols is 1. The van der Waals surface area contributed by atoms with Crippen molar-refractivity contribution >= 4 is 16.7 Å². The average molecular weight is 374 g/mol. The zero-order valence-corrected chi connectivity index (χ0v) is 16.7. The van der Waals surface area contributed by atoms with E-state index in [1.54, 1.807) is 0 Å². The van der Waals surface area contributed by atoms with Crippen LogP contribution in [0.15, 0.2) is 54.2 Å². The molecule has 3 heteroatoms. The molecule has 0 saturated heterocycles. The topological polar surface area (TPSA) is 46.5 Å². The summed E-state index contributed by atoms with van der Waals surface area (Å²) in [7, 11) is 0. The molecule has 2 aromatic carbocycles. The van der Waals surface area contributed by atoms with Gasteiger partial charge in [0.25, 0.3) is 0 Å². The first-order valence-electron chi connectivity index (χ1n) is 9.88. The molecule has 0 radical (unpaired) electrons. The number of rotatable bonds is 5. The van der Waals surface area contributed by atoms with E-state index in [4.69, 9.17) is 4.74 Å². The fourth-order valence-corrected chi connectivity index (χ4v) is 4.70. The standard InChI is InChI=1S/C25H26O3/c1-5-21(26)28-25-18-10-9-15(4)11-20(18)24(27)22-17-12-16(8-6-7-14(2)3)19(13-17)23(22)25/h5,7,9-12,17,19,27H,1,6,8,13H2,2-4H3. The first-order chi connectivity index (χ1) is 13.4. The Bertz CT molecular complexity index is 1050. The van der Waals surface area contributed by atoms with Crippen LogP contribution in [-0.2, 0) is 4.79 Å². The molecule has 2 unspecified atom stereocenters. The number of esters is 1. The van der Waals surface area contributed by atoms with Crippen LogP contribution in [0.2, 0.25) is 0 Å². The maximum Gasteiger partial charge on any atom is 0.335 e. The van der Waals surface area contributed by atoms with Crippen molar-refractivity contribution in [3.8, 4) is 11.5 Å². The van der Waals surface area contributed by atoms with Gasteiger partial charge in [0.15, 0.2) is 0 Å². The summed E-state index contributed by atoms with van der Waals surface area (Å²) >= 11 is 0. The van der Waals surface area contributed by atoms with Gasteiger partial charge in [0, 0.05) is 39.8 Å². The fraction of sp³-hybridized carbons (Fsp3) is 0.320. The Hall–Kier alpha value is -2.81. The van der Waals surface area contributed by atoms with Crippen LogP contribution in [0.4, 0.5) is 0 Å². The van der Waals surface area contributed by atoms with Crippen LogP contribution in [-0.4, -0.2) is 11.1 Å². The number of benzene rings is 2. The van der Waals surface area contributed by atoms with Crippen LogP contribution in [0.3, 0.4) is 0 Å². The van der Waals surface area contributed by atoms with Gasteiger partial charge in [-0.1, -0.05) is 47.6 Å². The number of carbonyl (C=O) groups excluding carboxylic acids is 1. The molecular formula is C25H26O3. The predicted molar refractivity (Wildman–Crippen MR) is 113 cm³/mol. The van der Waals surface area contributed by atoms with Crippen LogP contribution < -0.4 is 4.74 Å². The monoisotopic (exact) mass is 374 g/mol. The molecule has 2 atom stereocenters. The normalized spacial score (nSPS) is 19.3. The highest BCUT2D eigenvalue weighted by molar-refractivity contribution is 5.99. The number of aryl methyl sites for hydroxylation is 1. The third kappa shape index (κ3) is 2.95. The molecule has 28 heavy (non-hydrogen) atoms. The van der Waals surface area contributed by atoms with Gasteiger partial charge in [0.05, 0.1) is 0 Å². The number of hydrogen-bond acceptors (Lipinski definition) is 3. The van der Waals surface area contributed by atoms with Gasteiger partial charge in [-0.3, -0.25) is 0 Å². The SMILES string of the molecule is C=CC(=O)Oc1c2c(c(O)c3cc(C)ccc13)C1C=C(CCC=C(C)C)C2C1. The van der Waals surface area contributed by atoms with Crippen molar-refractivity contribution < 1.29 is 14.6 Å². The fourth-order valence-electron chi connectivity index (χ4n) is 4.70. The Labute approximate surface area is 166 Å². The maximum absolute atomic E-state index is 12.1. The summed E-state index contributed by atoms with van der Waals surface area (Å²) in [6, 6.07) is 5.88. The molecule has 0 aromatic heterocycles. The molecule has 144 valence electrons. The number of phenolic OH excluding ortho intramolecular Hbond substituents is 1. The average Bonchev–Trinajstić information content (AvgIpc) is 3.23. The highest BCUT2D eigenvalue weighted by Crippen LogP contribution is 2.61. The van der Waals surface area contributed by atoms with E-state index >= 15 is 0 Å². The van der Waals surface area contributed by atoms with Gasteiger partial charge in [-0.05, 0) is 46.1 Å². The molecule has 1 N–H and O–H groups in total. The Morgan fingerprint density at radius 3 is 2.79 bits per heavy atom. The second-order valence-corrected chi connectivity index (χ2v) is 8.14. The zero-order chi connectivity index (χ0) is 20.0. The van der Waals surface area contributed by atoms with Crippen molar-refractivity contribution in [1.29, 1.82) is 0 Å². The highest BCUT2D eigenvalue weighted by Gasteiger charge is 2.43. The van der Waals surface area contributed by atoms with E-state index in [9.17, 15) is 9.90 Å². The maximum atomic E-state index is 12.1. The molecule has 0 heterocycles. The van der Waals surface area contributed by atoms with E-state index in [0.29, 0.717) is 11.5 Å². The van der Waals surface area contributed by atoms with Gasteiger partial charge in [-0.25, -0.2) is 4.79 Å². The number of aromatic hydroxyl groups is 1. The van der Waals surface area contributed by atoms with Gasteiger partial charge in [-0.15, -0.1) is 0 Å². The molecule has 2 aliphatic carbocycles. The first-order valence-corrected chi connectivity index (χ1v) is 9.88. The Morgan fingerprint density at radius 1 is 1.29 bits per heavy atom. The lowest BCUT2D eigenvalue weighted by molar-refractivity contribution is -0.128. The number of carbonyl (C=O) groups is 1. The molecule has 0 amide bonds. The number of ether oxygens (including phenoxy) is 1. The summed E-state index contributed by atoms with van der Waals surface area (Å²) in [5, 5.41) is 12.6. The second-order valence-electron chi connectivity index (χ2n) is 8.14. The Balaban J connectivity index is 1.86. The minimum Gasteiger partial charge on any atom is -0.507 e. The minimum absolute atomic E-state index is 0.188. The molecule has 2 bridgehead atoms. The van der Waals surface area contributed by atoms with Crippen molar-refractivity contribution in [3.05, 3.63) is 70.8 Å². The molecule has 0 spiro atoms. The van der Waals surface area contributed by atoms with Gasteiger partial charge in [0.1, 0.15) is 11.5 Å². The summed E-state index contributed by atoms with van der Waals surface area (Å²) in [5.74, 6) is 0.849. The van der Waals surface area contributed by atoms with Crippen molar-refractivity contribution in [2.24, 2.45) is 0 Å². The van der Waals surface area contributed by atoms with Gasteiger partial charge in [0.2, 0.25) is 0 Å². The summed E-state index contributed by atoms with van der Waals surface area (Å²) in [6.45, 7) is 9.76. The van der Waals surface area contributed by atoms with E-state index in [0.717, 1.165) is 46.7 Å². The van der Waals surface area contributed by atoms with Crippen LogP contribution >= 0.6 is 0 Å². The lowest BCUT2D eigenvalue weighted by atomic mass is 9.85. The lowest BCUT2D eigenvalue weighted by Gasteiger charge is -2.23. The van der Waals surface area contributed by atoms with Crippen molar-refractivity contribution in [3.63, 3.8) is 0 Å². The van der Waals surface area contributed by atoms with Gasteiger partial charge < -0.3 is 9.84 Å². The summed E-state index contributed by atoms with van der Waals surface area (Å²) in [4.78, 5) is 12.1. The van der Waals surface area contributed by atoms with Crippen LogP contribution in [0.5, 0.6) is 11.5 Å². The van der Waals surface area contributed by atoms with Crippen LogP contribution in [0, 0.1) is 6.92 Å². The number of fused-ring (bicyclic) bond motifs is 6. The highest BCUT2D eigenvalue weighted by atomic mass is 16.5. The molecule has 2 aromatic rings. The van der Waals surface area contributed by atoms with E-state index in [2.05, 4.69) is 32.6 Å². The summed E-state index contributed by atoms with van der Waals surface area (Å²) < 4.78 is 5.75. The third-order valence-electron chi connectivity index (χ3n) is 5.89. The number of hydrogen-bond donors (Lipinski definition) is 1. The second kappa shape index (κ2) is 6.97. The van der Waals surface area contributed by atoms with Crippen molar-refractivity contribution in [1.82, 2.24) is 0 Å². The molecular weight excluding hydrogens is 348 g/mol. The Kier molecular flexibility index (Phi) is 4.62. The predicted octanol–water partition coefficient (Wildman–Crippen LogP) is 6.20. The zero-order valence-electron chi connectivity index (χ0n) is 16.7. The van der Waals surface area contributed by atoms with Crippen LogP contribution in [0.1, 0.15) is 61.6 Å². The van der Waals surface area contributed by atoms with Gasteiger partial charge in [-0.2, -0.15) is 0 Å². The van der Waals surface area contributed by atoms with E-state index < -0.39 is 5.97 Å². The lowest BCUT2D eigenvalue weighted by Crippen LogP contribution is -2.10. The summed E-state index contributed by atoms with van der Waals surface area (Å²) in [6.07, 6.45) is 8.71. The quantitative estimate of drug-likeness (QED) is 0.293. The van der Waals surface area contributed by atoms with Crippen molar-refractivity contribution in [2.75, 3.05) is 0 Å². The molecule has 0 aliphatic heterocycles. The van der Waals surface area contributed by atoms with Gasteiger partial charge >= 0.3 is 5.97 Å². The number of allylic oxidation sites excluding steroid dienone is 4. The molecule has 4 rings (SSSR count). The third-order valence-corrected chi connectivity index (χ3v) is 5.89. The molecule has 0 saturated carbocycles. The molecule has 0 fully saturated rings. The Morgan fingerprint density at radius 2 is 2.07 bits per heavy atom.